The van der Waals surface area contributed by atoms with E-state index in [4.69, 9.17) is 20.2 Å². The smallest absolute Gasteiger partial charge is 0.405 e. The van der Waals surface area contributed by atoms with Crippen LogP contribution in [0.1, 0.15) is 37.6 Å². The molecule has 0 bridgehead atoms. The molecule has 11 nitrogen and oxygen atoms in total. The largest absolute Gasteiger partial charge is 0.441 e. The van der Waals surface area contributed by atoms with Crippen molar-refractivity contribution in [1.29, 1.82) is 0 Å². The van der Waals surface area contributed by atoms with E-state index < -0.39 is 20.3 Å². The highest BCUT2D eigenvalue weighted by Gasteiger charge is 2.27. The summed E-state index contributed by atoms with van der Waals surface area (Å²) in [5, 5.41) is 12.4. The highest BCUT2D eigenvalue weighted by Crippen LogP contribution is 2.43. The van der Waals surface area contributed by atoms with Crippen LogP contribution in [0.3, 0.4) is 0 Å². The summed E-state index contributed by atoms with van der Waals surface area (Å²) in [4.78, 5) is 37.2. The summed E-state index contributed by atoms with van der Waals surface area (Å²) in [6.07, 6.45) is 4.01. The SMILES string of the molecule is CCC(OC(N)=O)c1ccnc2c(-c3ccc(CO)nc3)c(-c3ccnc(NC(C)=O)c3)n(COCC[Si](C)(C)C)c12. The summed E-state index contributed by atoms with van der Waals surface area (Å²) in [5.41, 5.74) is 11.2. The van der Waals surface area contributed by atoms with E-state index in [1.165, 1.54) is 6.92 Å². The van der Waals surface area contributed by atoms with E-state index in [1.54, 1.807) is 30.7 Å². The van der Waals surface area contributed by atoms with Gasteiger partial charge in [0.1, 0.15) is 18.7 Å². The second-order valence-electron chi connectivity index (χ2n) is 11.2. The number of pyridine rings is 3. The molecular weight excluding hydrogens is 552 g/mol. The van der Waals surface area contributed by atoms with Crippen LogP contribution in [0.15, 0.2) is 48.9 Å². The molecule has 0 saturated heterocycles. The molecular formula is C30H38N6O5Si. The molecule has 1 atom stereocenters. The van der Waals surface area contributed by atoms with Crippen molar-refractivity contribution in [1.82, 2.24) is 19.5 Å². The summed E-state index contributed by atoms with van der Waals surface area (Å²) in [7, 11) is -1.35. The van der Waals surface area contributed by atoms with Crippen molar-refractivity contribution in [3.05, 3.63) is 60.2 Å². The fraction of sp³-hybridized carbons (Fsp3) is 0.367. The standard InChI is InChI=1S/C30H38N6O5Si/c1-6-24(41-30(31)39)23-10-12-33-27-26(21-7-8-22(17-37)34-16-21)28(20-9-11-32-25(15-20)35-19(2)38)36(29(23)27)18-40-13-14-42(3,4)5/h7-12,15-16,24,37H,6,13-14,17-18H2,1-5H3,(H2,31,39)(H,32,35,38). The maximum absolute atomic E-state index is 11.9. The zero-order valence-electron chi connectivity index (χ0n) is 24.7. The van der Waals surface area contributed by atoms with Crippen LogP contribution in [0, 0.1) is 0 Å². The average molecular weight is 591 g/mol. The zero-order valence-corrected chi connectivity index (χ0v) is 25.7. The summed E-state index contributed by atoms with van der Waals surface area (Å²) < 4.78 is 13.9. The molecule has 4 rings (SSSR count). The quantitative estimate of drug-likeness (QED) is 0.145. The highest BCUT2D eigenvalue weighted by molar-refractivity contribution is 6.76. The first-order valence-corrected chi connectivity index (χ1v) is 17.6. The van der Waals surface area contributed by atoms with E-state index in [0.29, 0.717) is 30.1 Å². The predicted octanol–water partition coefficient (Wildman–Crippen LogP) is 5.47. The molecule has 12 heteroatoms. The summed E-state index contributed by atoms with van der Waals surface area (Å²) in [5.74, 6) is 0.157. The van der Waals surface area contributed by atoms with Crippen molar-refractivity contribution in [2.24, 2.45) is 5.73 Å². The Labute approximate surface area is 246 Å². The monoisotopic (exact) mass is 590 g/mol. The third-order valence-electron chi connectivity index (χ3n) is 6.77. The predicted molar refractivity (Wildman–Crippen MR) is 164 cm³/mol. The number of primary amides is 1. The number of nitrogens with one attached hydrogen (secondary N) is 1. The van der Waals surface area contributed by atoms with Gasteiger partial charge in [-0.2, -0.15) is 0 Å². The van der Waals surface area contributed by atoms with Crippen LogP contribution < -0.4 is 11.1 Å². The number of anilines is 1. The summed E-state index contributed by atoms with van der Waals surface area (Å²) >= 11 is 0. The van der Waals surface area contributed by atoms with Crippen molar-refractivity contribution in [3.8, 4) is 22.4 Å². The Balaban J connectivity index is 2.04. The second-order valence-corrected chi connectivity index (χ2v) is 16.9. The number of aromatic nitrogens is 4. The number of nitrogens with zero attached hydrogens (tertiary/aromatic N) is 4. The Kier molecular flexibility index (Phi) is 9.71. The highest BCUT2D eigenvalue weighted by atomic mass is 28.3. The first kappa shape index (κ1) is 30.8. The van der Waals surface area contributed by atoms with Gasteiger partial charge in [0.25, 0.3) is 0 Å². The number of aliphatic hydroxyl groups excluding tert-OH is 1. The number of aliphatic hydroxyl groups is 1. The normalized spacial score (nSPS) is 12.3. The molecule has 4 heterocycles. The molecule has 0 aromatic carbocycles. The van der Waals surface area contributed by atoms with Gasteiger partial charge in [0.2, 0.25) is 5.91 Å². The molecule has 1 unspecified atom stereocenters. The number of fused-ring (bicyclic) bond motifs is 1. The molecule has 0 saturated carbocycles. The van der Waals surface area contributed by atoms with Gasteiger partial charge in [0.15, 0.2) is 0 Å². The Morgan fingerprint density at radius 3 is 2.48 bits per heavy atom. The van der Waals surface area contributed by atoms with E-state index in [-0.39, 0.29) is 19.2 Å². The Hall–Kier alpha value is -4.13. The number of hydrogen-bond acceptors (Lipinski definition) is 8. The fourth-order valence-electron chi connectivity index (χ4n) is 4.79. The molecule has 4 aromatic heterocycles. The lowest BCUT2D eigenvalue weighted by Gasteiger charge is -2.20. The zero-order chi connectivity index (χ0) is 30.4. The summed E-state index contributed by atoms with van der Waals surface area (Å²) in [6.45, 7) is 10.8. The van der Waals surface area contributed by atoms with Crippen LogP contribution in [-0.2, 0) is 27.6 Å². The van der Waals surface area contributed by atoms with E-state index >= 15 is 0 Å². The molecule has 4 aromatic rings. The lowest BCUT2D eigenvalue weighted by molar-refractivity contribution is -0.114. The van der Waals surface area contributed by atoms with Gasteiger partial charge >= 0.3 is 6.09 Å². The van der Waals surface area contributed by atoms with E-state index in [0.717, 1.165) is 39.5 Å². The maximum atomic E-state index is 11.9. The average Bonchev–Trinajstić information content (AvgIpc) is 3.27. The molecule has 4 N–H and O–H groups in total. The fourth-order valence-corrected chi connectivity index (χ4v) is 5.55. The molecule has 0 aliphatic heterocycles. The van der Waals surface area contributed by atoms with Crippen LogP contribution in [0.2, 0.25) is 25.7 Å². The minimum Gasteiger partial charge on any atom is -0.441 e. The van der Waals surface area contributed by atoms with Gasteiger partial charge in [-0.05, 0) is 36.7 Å². The first-order valence-electron chi connectivity index (χ1n) is 13.9. The summed E-state index contributed by atoms with van der Waals surface area (Å²) in [6, 6.07) is 10.1. The number of nitrogens with two attached hydrogens (primary N) is 1. The van der Waals surface area contributed by atoms with Gasteiger partial charge in [-0.3, -0.25) is 14.8 Å². The van der Waals surface area contributed by atoms with Crippen molar-refractivity contribution in [2.75, 3.05) is 11.9 Å². The van der Waals surface area contributed by atoms with Gasteiger partial charge in [-0.15, -0.1) is 0 Å². The van der Waals surface area contributed by atoms with Crippen LogP contribution in [-0.4, -0.2) is 51.3 Å². The molecule has 0 fully saturated rings. The maximum Gasteiger partial charge on any atom is 0.405 e. The third kappa shape index (κ3) is 7.19. The lowest BCUT2D eigenvalue weighted by Crippen LogP contribution is -2.22. The van der Waals surface area contributed by atoms with Gasteiger partial charge < -0.3 is 30.2 Å². The molecule has 2 amide bonds. The van der Waals surface area contributed by atoms with Gasteiger partial charge in [-0.1, -0.05) is 32.6 Å². The van der Waals surface area contributed by atoms with Crippen molar-refractivity contribution in [3.63, 3.8) is 0 Å². The minimum absolute atomic E-state index is 0.185. The number of rotatable bonds is 12. The molecule has 42 heavy (non-hydrogen) atoms. The topological polar surface area (TPSA) is 154 Å². The third-order valence-corrected chi connectivity index (χ3v) is 8.48. The van der Waals surface area contributed by atoms with Gasteiger partial charge in [0, 0.05) is 62.4 Å². The van der Waals surface area contributed by atoms with Gasteiger partial charge in [0.05, 0.1) is 29.0 Å². The van der Waals surface area contributed by atoms with Crippen LogP contribution in [0.5, 0.6) is 0 Å². The molecule has 222 valence electrons. The number of hydrogen-bond donors (Lipinski definition) is 3. The van der Waals surface area contributed by atoms with Crippen molar-refractivity contribution < 1.29 is 24.2 Å². The van der Waals surface area contributed by atoms with E-state index in [2.05, 4.69) is 34.9 Å². The Morgan fingerprint density at radius 2 is 1.86 bits per heavy atom. The Bertz CT molecular complexity index is 1570. The van der Waals surface area contributed by atoms with Crippen molar-refractivity contribution in [2.45, 2.75) is 65.4 Å². The number of ether oxygens (including phenoxy) is 2. The van der Waals surface area contributed by atoms with E-state index in [9.17, 15) is 14.7 Å². The lowest BCUT2D eigenvalue weighted by atomic mass is 10.0. The molecule has 0 spiro atoms. The minimum atomic E-state index is -1.35. The number of carbonyl (C=O) groups excluding carboxylic acids is 2. The molecule has 0 aliphatic carbocycles. The number of carbonyl (C=O) groups is 2. The number of amides is 2. The van der Waals surface area contributed by atoms with Gasteiger partial charge in [-0.25, -0.2) is 9.78 Å². The van der Waals surface area contributed by atoms with Crippen LogP contribution >= 0.6 is 0 Å². The second kappa shape index (κ2) is 13.2. The Morgan fingerprint density at radius 1 is 1.10 bits per heavy atom. The van der Waals surface area contributed by atoms with Crippen molar-refractivity contribution >= 4 is 36.9 Å². The first-order chi connectivity index (χ1) is 20.0. The molecule has 0 radical (unpaired) electrons. The van der Waals surface area contributed by atoms with Crippen LogP contribution in [0.25, 0.3) is 33.4 Å². The molecule has 0 aliphatic rings. The van der Waals surface area contributed by atoms with E-state index in [1.807, 2.05) is 29.7 Å². The van der Waals surface area contributed by atoms with Crippen LogP contribution in [0.4, 0.5) is 10.6 Å².